The lowest BCUT2D eigenvalue weighted by Gasteiger charge is -2.27. The predicted molar refractivity (Wildman–Crippen MR) is 78.9 cm³/mol. The van der Waals surface area contributed by atoms with E-state index in [1.165, 1.54) is 6.07 Å². The second kappa shape index (κ2) is 7.32. The number of nitrogens with zero attached hydrogens (tertiary/aromatic N) is 2. The monoisotopic (exact) mass is 367 g/mol. The number of hydrogen-bond donors (Lipinski definition) is 1. The number of halogens is 4. The third-order valence-corrected chi connectivity index (χ3v) is 3.57. The summed E-state index contributed by atoms with van der Waals surface area (Å²) in [6.07, 6.45) is -5.16. The topological polar surface area (TPSA) is 84.7 Å². The van der Waals surface area contributed by atoms with E-state index in [2.05, 4.69) is 0 Å². The van der Waals surface area contributed by atoms with Crippen molar-refractivity contribution in [3.8, 4) is 0 Å². The van der Waals surface area contributed by atoms with Crippen LogP contribution in [0.1, 0.15) is 5.56 Å². The van der Waals surface area contributed by atoms with Crippen molar-refractivity contribution >= 4 is 28.9 Å². The van der Waals surface area contributed by atoms with Crippen LogP contribution in [-0.2, 0) is 16.1 Å². The number of rotatable bonds is 4. The Hall–Kier alpha value is -1.91. The molecule has 0 atom stereocenters. The summed E-state index contributed by atoms with van der Waals surface area (Å²) < 4.78 is 42.7. The predicted octanol–water partition coefficient (Wildman–Crippen LogP) is 2.58. The van der Waals surface area contributed by atoms with Crippen LogP contribution >= 0.6 is 11.6 Å². The third kappa shape index (κ3) is 4.56. The molecule has 1 aromatic rings. The maximum absolute atomic E-state index is 12.5. The lowest BCUT2D eigenvalue weighted by molar-refractivity contribution is -0.384. The molecule has 7 nitrogen and oxygen atoms in total. The van der Waals surface area contributed by atoms with Gasteiger partial charge in [-0.1, -0.05) is 11.6 Å². The van der Waals surface area contributed by atoms with Crippen LogP contribution in [0.25, 0.3) is 0 Å². The zero-order valence-corrected chi connectivity index (χ0v) is 13.0. The Morgan fingerprint density at radius 1 is 1.38 bits per heavy atom. The van der Waals surface area contributed by atoms with E-state index < -0.39 is 28.4 Å². The van der Waals surface area contributed by atoms with E-state index in [9.17, 15) is 28.1 Å². The van der Waals surface area contributed by atoms with Gasteiger partial charge in [-0.05, 0) is 11.6 Å². The van der Waals surface area contributed by atoms with Gasteiger partial charge in [0.1, 0.15) is 5.69 Å². The van der Waals surface area contributed by atoms with E-state index in [1.54, 1.807) is 5.32 Å². The molecule has 24 heavy (non-hydrogen) atoms. The van der Waals surface area contributed by atoms with Crippen LogP contribution < -0.4 is 5.32 Å². The summed E-state index contributed by atoms with van der Waals surface area (Å²) in [5, 5.41) is 12.7. The molecule has 1 N–H and O–H groups in total. The molecule has 0 spiro atoms. The van der Waals surface area contributed by atoms with Crippen molar-refractivity contribution in [2.75, 3.05) is 31.6 Å². The molecular formula is C13H13ClF3N3O4. The van der Waals surface area contributed by atoms with Gasteiger partial charge in [0.05, 0.1) is 18.1 Å². The summed E-state index contributed by atoms with van der Waals surface area (Å²) in [7, 11) is 0. The van der Waals surface area contributed by atoms with Crippen LogP contribution in [0.15, 0.2) is 12.1 Å². The lowest BCUT2D eigenvalue weighted by atomic mass is 10.1. The van der Waals surface area contributed by atoms with Crippen LogP contribution in [-0.4, -0.2) is 48.2 Å². The molecule has 1 aliphatic heterocycles. The largest absolute Gasteiger partial charge is 0.471 e. The van der Waals surface area contributed by atoms with Gasteiger partial charge in [0.25, 0.3) is 5.69 Å². The quantitative estimate of drug-likeness (QED) is 0.653. The Labute approximate surface area is 139 Å². The summed E-state index contributed by atoms with van der Waals surface area (Å²) in [5.74, 6) is -2.28. The maximum Gasteiger partial charge on any atom is 0.471 e. The normalized spacial score (nSPS) is 16.0. The van der Waals surface area contributed by atoms with Gasteiger partial charge in [-0.2, -0.15) is 13.2 Å². The number of carbonyl (C=O) groups excluding carboxylic acids is 1. The Balaban J connectivity index is 2.39. The van der Waals surface area contributed by atoms with Crippen LogP contribution in [0.2, 0.25) is 5.02 Å². The number of hydrogen-bond acceptors (Lipinski definition) is 5. The number of nitro benzene ring substituents is 1. The minimum Gasteiger partial charge on any atom is -0.379 e. The summed E-state index contributed by atoms with van der Waals surface area (Å²) in [6.45, 7) is 1.98. The fourth-order valence-corrected chi connectivity index (χ4v) is 2.48. The number of carbonyl (C=O) groups is 1. The van der Waals surface area contributed by atoms with Gasteiger partial charge < -0.3 is 10.1 Å². The molecule has 1 fully saturated rings. The fourth-order valence-electron chi connectivity index (χ4n) is 2.25. The minimum absolute atomic E-state index is 0.00466. The molecule has 0 aromatic heterocycles. The highest BCUT2D eigenvalue weighted by Crippen LogP contribution is 2.34. The van der Waals surface area contributed by atoms with Gasteiger partial charge >= 0.3 is 12.1 Å². The highest BCUT2D eigenvalue weighted by Gasteiger charge is 2.40. The average Bonchev–Trinajstić information content (AvgIpc) is 2.49. The first-order valence-corrected chi connectivity index (χ1v) is 7.21. The summed E-state index contributed by atoms with van der Waals surface area (Å²) >= 11 is 5.83. The average molecular weight is 368 g/mol. The van der Waals surface area contributed by atoms with Crippen LogP contribution in [0, 0.1) is 10.1 Å². The van der Waals surface area contributed by atoms with Crippen molar-refractivity contribution in [3.63, 3.8) is 0 Å². The molecule has 0 bridgehead atoms. The van der Waals surface area contributed by atoms with Crippen LogP contribution in [0.3, 0.4) is 0 Å². The number of nitro groups is 1. The van der Waals surface area contributed by atoms with E-state index in [0.29, 0.717) is 26.3 Å². The fraction of sp³-hybridized carbons (Fsp3) is 0.462. The second-order valence-corrected chi connectivity index (χ2v) is 5.49. The maximum atomic E-state index is 12.5. The molecule has 1 aromatic carbocycles. The number of nitrogens with one attached hydrogen (secondary N) is 1. The first-order chi connectivity index (χ1) is 11.2. The molecule has 1 amide bonds. The second-order valence-electron chi connectivity index (χ2n) is 5.06. The number of ether oxygens (including phenoxy) is 1. The number of morpholine rings is 1. The van der Waals surface area contributed by atoms with Crippen molar-refractivity contribution < 1.29 is 27.6 Å². The summed E-state index contributed by atoms with van der Waals surface area (Å²) in [6, 6.07) is 2.20. The van der Waals surface area contributed by atoms with Crippen molar-refractivity contribution in [2.45, 2.75) is 12.7 Å². The van der Waals surface area contributed by atoms with Gasteiger partial charge in [0.15, 0.2) is 0 Å². The number of amides is 1. The van der Waals surface area contributed by atoms with Crippen molar-refractivity contribution in [1.29, 1.82) is 0 Å². The zero-order valence-electron chi connectivity index (χ0n) is 12.2. The Bertz CT molecular complexity index is 648. The minimum atomic E-state index is -5.16. The number of anilines is 1. The van der Waals surface area contributed by atoms with E-state index in [-0.39, 0.29) is 17.1 Å². The zero-order chi connectivity index (χ0) is 17.9. The van der Waals surface area contributed by atoms with Crippen LogP contribution in [0.5, 0.6) is 0 Å². The van der Waals surface area contributed by atoms with Gasteiger partial charge in [0.2, 0.25) is 0 Å². The molecule has 0 aliphatic carbocycles. The highest BCUT2D eigenvalue weighted by atomic mass is 35.5. The van der Waals surface area contributed by atoms with Gasteiger partial charge in [-0.25, -0.2) is 0 Å². The Morgan fingerprint density at radius 3 is 2.54 bits per heavy atom. The molecule has 1 saturated heterocycles. The molecule has 0 radical (unpaired) electrons. The SMILES string of the molecule is O=C(Nc1c(CN2CCOCC2)cc(Cl)cc1[N+](=O)[O-])C(F)(F)F. The number of alkyl halides is 3. The first kappa shape index (κ1) is 18.4. The van der Waals surface area contributed by atoms with E-state index >= 15 is 0 Å². The van der Waals surface area contributed by atoms with Crippen molar-refractivity contribution in [1.82, 2.24) is 4.90 Å². The molecular weight excluding hydrogens is 355 g/mol. The highest BCUT2D eigenvalue weighted by molar-refractivity contribution is 6.31. The summed E-state index contributed by atoms with van der Waals surface area (Å²) in [4.78, 5) is 23.3. The molecule has 0 unspecified atom stereocenters. The first-order valence-electron chi connectivity index (χ1n) is 6.83. The van der Waals surface area contributed by atoms with E-state index in [0.717, 1.165) is 6.07 Å². The van der Waals surface area contributed by atoms with Crippen LogP contribution in [0.4, 0.5) is 24.5 Å². The molecule has 2 rings (SSSR count). The van der Waals surface area contributed by atoms with Crippen molar-refractivity contribution in [3.05, 3.63) is 32.8 Å². The number of benzene rings is 1. The van der Waals surface area contributed by atoms with Crippen molar-refractivity contribution in [2.24, 2.45) is 0 Å². The molecule has 1 aliphatic rings. The van der Waals surface area contributed by atoms with Gasteiger partial charge in [0, 0.05) is 30.7 Å². The molecule has 0 saturated carbocycles. The third-order valence-electron chi connectivity index (χ3n) is 3.35. The molecule has 1 heterocycles. The lowest BCUT2D eigenvalue weighted by Crippen LogP contribution is -2.36. The molecule has 11 heteroatoms. The Kier molecular flexibility index (Phi) is 5.62. The van der Waals surface area contributed by atoms with E-state index in [1.807, 2.05) is 4.90 Å². The molecule has 132 valence electrons. The Morgan fingerprint density at radius 2 is 2.00 bits per heavy atom. The smallest absolute Gasteiger partial charge is 0.379 e. The standard InChI is InChI=1S/C13H13ClF3N3O4/c14-9-5-8(7-19-1-3-24-4-2-19)11(10(6-9)20(22)23)18-12(21)13(15,16)17/h5-6H,1-4,7H2,(H,18,21). The van der Waals surface area contributed by atoms with Gasteiger partial charge in [-0.3, -0.25) is 19.8 Å². The van der Waals surface area contributed by atoms with Gasteiger partial charge in [-0.15, -0.1) is 0 Å². The van der Waals surface area contributed by atoms with E-state index in [4.69, 9.17) is 16.3 Å². The summed E-state index contributed by atoms with van der Waals surface area (Å²) in [5.41, 5.74) is -1.06.